The van der Waals surface area contributed by atoms with E-state index in [2.05, 4.69) is 15.6 Å². The van der Waals surface area contributed by atoms with Crippen LogP contribution >= 0.6 is 11.3 Å². The number of anilines is 1. The van der Waals surface area contributed by atoms with Gasteiger partial charge < -0.3 is 15.5 Å². The van der Waals surface area contributed by atoms with Crippen molar-refractivity contribution < 1.29 is 4.79 Å². The highest BCUT2D eigenvalue weighted by Gasteiger charge is 2.03. The van der Waals surface area contributed by atoms with Crippen molar-refractivity contribution in [3.63, 3.8) is 0 Å². The molecule has 1 aromatic heterocycles. The van der Waals surface area contributed by atoms with Crippen molar-refractivity contribution in [2.75, 3.05) is 32.5 Å². The lowest BCUT2D eigenvalue weighted by atomic mass is 10.4. The number of carbonyl (C=O) groups is 1. The summed E-state index contributed by atoms with van der Waals surface area (Å²) in [5, 5.41) is 6.86. The molecule has 5 nitrogen and oxygen atoms in total. The van der Waals surface area contributed by atoms with Crippen LogP contribution in [0, 0.1) is 13.8 Å². The Morgan fingerprint density at radius 1 is 1.38 bits per heavy atom. The first-order valence-corrected chi connectivity index (χ1v) is 5.95. The third-order valence-electron chi connectivity index (χ3n) is 2.11. The van der Waals surface area contributed by atoms with Gasteiger partial charge in [0.15, 0.2) is 5.13 Å². The molecule has 1 heterocycles. The van der Waals surface area contributed by atoms with Crippen LogP contribution in [0.1, 0.15) is 10.6 Å². The fraction of sp³-hybridized carbons (Fsp3) is 0.600. The standard InChI is InChI=1S/C10H18N4OS/c1-7-8(2)16-9(13-7)11-5-6-12-10(15)14(3)4/h5-6H2,1-4H3,(H,11,13)(H,12,15). The van der Waals surface area contributed by atoms with Gasteiger partial charge in [-0.05, 0) is 13.8 Å². The second kappa shape index (κ2) is 5.69. The Bertz CT molecular complexity index is 342. The predicted molar refractivity (Wildman–Crippen MR) is 67.2 cm³/mol. The molecule has 0 aliphatic carbocycles. The maximum absolute atomic E-state index is 11.2. The Balaban J connectivity index is 2.23. The summed E-state index contributed by atoms with van der Waals surface area (Å²) in [5.41, 5.74) is 1.06. The number of hydrogen-bond donors (Lipinski definition) is 2. The fourth-order valence-electron chi connectivity index (χ4n) is 1.05. The number of urea groups is 1. The quantitative estimate of drug-likeness (QED) is 0.786. The molecule has 0 bridgehead atoms. The van der Waals surface area contributed by atoms with Crippen molar-refractivity contribution in [2.45, 2.75) is 13.8 Å². The summed E-state index contributed by atoms with van der Waals surface area (Å²) >= 11 is 1.63. The average molecular weight is 242 g/mol. The van der Waals surface area contributed by atoms with Gasteiger partial charge in [-0.3, -0.25) is 0 Å². The smallest absolute Gasteiger partial charge is 0.316 e. The number of nitrogens with one attached hydrogen (secondary N) is 2. The lowest BCUT2D eigenvalue weighted by molar-refractivity contribution is 0.218. The molecule has 0 atom stereocenters. The Labute approximate surface area is 99.9 Å². The van der Waals surface area contributed by atoms with Crippen LogP contribution in [-0.2, 0) is 0 Å². The van der Waals surface area contributed by atoms with E-state index in [1.54, 1.807) is 25.4 Å². The molecule has 1 rings (SSSR count). The van der Waals surface area contributed by atoms with Crippen LogP contribution < -0.4 is 10.6 Å². The maximum Gasteiger partial charge on any atom is 0.316 e. The van der Waals surface area contributed by atoms with Crippen LogP contribution in [0.2, 0.25) is 0 Å². The lowest BCUT2D eigenvalue weighted by Gasteiger charge is -2.11. The van der Waals surface area contributed by atoms with Crippen molar-refractivity contribution in [1.29, 1.82) is 0 Å². The summed E-state index contributed by atoms with van der Waals surface area (Å²) < 4.78 is 0. The van der Waals surface area contributed by atoms with Gasteiger partial charge in [-0.15, -0.1) is 11.3 Å². The minimum absolute atomic E-state index is 0.0756. The highest BCUT2D eigenvalue weighted by atomic mass is 32.1. The molecule has 1 aromatic rings. The van der Waals surface area contributed by atoms with Crippen LogP contribution in [0.3, 0.4) is 0 Å². The Morgan fingerprint density at radius 2 is 2.06 bits per heavy atom. The first-order chi connectivity index (χ1) is 7.50. The molecule has 0 saturated heterocycles. The third kappa shape index (κ3) is 3.69. The van der Waals surface area contributed by atoms with Crippen molar-refractivity contribution in [3.05, 3.63) is 10.6 Å². The number of hydrogen-bond acceptors (Lipinski definition) is 4. The summed E-state index contributed by atoms with van der Waals surface area (Å²) in [6.07, 6.45) is 0. The van der Waals surface area contributed by atoms with Gasteiger partial charge in [-0.25, -0.2) is 9.78 Å². The topological polar surface area (TPSA) is 57.3 Å². The van der Waals surface area contributed by atoms with E-state index in [0.717, 1.165) is 10.8 Å². The van der Waals surface area contributed by atoms with Gasteiger partial charge in [0.1, 0.15) is 0 Å². The molecule has 6 heteroatoms. The van der Waals surface area contributed by atoms with Crippen molar-refractivity contribution in [1.82, 2.24) is 15.2 Å². The van der Waals surface area contributed by atoms with Crippen molar-refractivity contribution in [3.8, 4) is 0 Å². The van der Waals surface area contributed by atoms with Gasteiger partial charge in [0, 0.05) is 32.1 Å². The number of aromatic nitrogens is 1. The molecular formula is C10H18N4OS. The van der Waals surface area contributed by atoms with Gasteiger partial charge in [0.25, 0.3) is 0 Å². The van der Waals surface area contributed by atoms with E-state index in [1.807, 2.05) is 13.8 Å². The molecule has 0 saturated carbocycles. The first kappa shape index (κ1) is 12.8. The van der Waals surface area contributed by atoms with E-state index in [0.29, 0.717) is 13.1 Å². The predicted octanol–water partition coefficient (Wildman–Crippen LogP) is 1.44. The van der Waals surface area contributed by atoms with Crippen LogP contribution in [0.25, 0.3) is 0 Å². The fourth-order valence-corrected chi connectivity index (χ4v) is 1.89. The normalized spacial score (nSPS) is 10.0. The molecule has 0 spiro atoms. The van der Waals surface area contributed by atoms with E-state index < -0.39 is 0 Å². The highest BCUT2D eigenvalue weighted by molar-refractivity contribution is 7.15. The monoisotopic (exact) mass is 242 g/mol. The number of amides is 2. The van der Waals surface area contributed by atoms with Crippen LogP contribution in [0.4, 0.5) is 9.93 Å². The molecule has 0 fully saturated rings. The highest BCUT2D eigenvalue weighted by Crippen LogP contribution is 2.20. The summed E-state index contributed by atoms with van der Waals surface area (Å²) in [5.74, 6) is 0. The summed E-state index contributed by atoms with van der Waals surface area (Å²) in [7, 11) is 3.44. The molecule has 2 N–H and O–H groups in total. The number of carbonyl (C=O) groups excluding carboxylic acids is 1. The maximum atomic E-state index is 11.2. The molecule has 0 aromatic carbocycles. The summed E-state index contributed by atoms with van der Waals surface area (Å²) in [4.78, 5) is 18.3. The number of aryl methyl sites for hydroxylation is 2. The zero-order valence-corrected chi connectivity index (χ0v) is 10.9. The van der Waals surface area contributed by atoms with Crippen molar-refractivity contribution >= 4 is 22.5 Å². The Hall–Kier alpha value is -1.30. The molecule has 16 heavy (non-hydrogen) atoms. The van der Waals surface area contributed by atoms with Gasteiger partial charge in [0.2, 0.25) is 0 Å². The Kier molecular flexibility index (Phi) is 4.54. The third-order valence-corrected chi connectivity index (χ3v) is 3.14. The molecule has 0 unspecified atom stereocenters. The lowest BCUT2D eigenvalue weighted by Crippen LogP contribution is -2.37. The van der Waals surface area contributed by atoms with Gasteiger partial charge >= 0.3 is 6.03 Å². The van der Waals surface area contributed by atoms with Crippen molar-refractivity contribution in [2.24, 2.45) is 0 Å². The minimum Gasteiger partial charge on any atom is -0.360 e. The summed E-state index contributed by atoms with van der Waals surface area (Å²) in [6, 6.07) is -0.0756. The van der Waals surface area contributed by atoms with E-state index in [9.17, 15) is 4.79 Å². The average Bonchev–Trinajstić information content (AvgIpc) is 2.53. The number of thiazole rings is 1. The first-order valence-electron chi connectivity index (χ1n) is 5.13. The van der Waals surface area contributed by atoms with Gasteiger partial charge in [-0.2, -0.15) is 0 Å². The van der Waals surface area contributed by atoms with E-state index in [1.165, 1.54) is 9.78 Å². The Morgan fingerprint density at radius 3 is 2.56 bits per heavy atom. The van der Waals surface area contributed by atoms with Crippen LogP contribution in [0.15, 0.2) is 0 Å². The van der Waals surface area contributed by atoms with E-state index in [4.69, 9.17) is 0 Å². The number of rotatable bonds is 4. The number of nitrogens with zero attached hydrogens (tertiary/aromatic N) is 2. The molecule has 2 amide bonds. The second-order valence-electron chi connectivity index (χ2n) is 3.71. The van der Waals surface area contributed by atoms with Gasteiger partial charge in [0.05, 0.1) is 5.69 Å². The van der Waals surface area contributed by atoms with E-state index >= 15 is 0 Å². The van der Waals surface area contributed by atoms with E-state index in [-0.39, 0.29) is 6.03 Å². The largest absolute Gasteiger partial charge is 0.360 e. The molecule has 0 radical (unpaired) electrons. The zero-order valence-electron chi connectivity index (χ0n) is 10.1. The molecular weight excluding hydrogens is 224 g/mol. The molecule has 90 valence electrons. The molecule has 0 aliphatic rings. The van der Waals surface area contributed by atoms with Crippen LogP contribution in [-0.4, -0.2) is 43.1 Å². The SMILES string of the molecule is Cc1nc(NCCNC(=O)N(C)C)sc1C. The molecule has 0 aliphatic heterocycles. The van der Waals surface area contributed by atoms with Crippen LogP contribution in [0.5, 0.6) is 0 Å². The zero-order chi connectivity index (χ0) is 12.1. The second-order valence-corrected chi connectivity index (χ2v) is 4.92. The summed E-state index contributed by atoms with van der Waals surface area (Å²) in [6.45, 7) is 5.32. The van der Waals surface area contributed by atoms with Gasteiger partial charge in [-0.1, -0.05) is 0 Å². The minimum atomic E-state index is -0.0756.